The zero-order chi connectivity index (χ0) is 16.0. The summed E-state index contributed by atoms with van der Waals surface area (Å²) in [6.07, 6.45) is 0. The Labute approximate surface area is 130 Å². The molecular weight excluding hydrogens is 323 g/mol. The van der Waals surface area contributed by atoms with Crippen molar-refractivity contribution in [2.75, 3.05) is 31.6 Å². The van der Waals surface area contributed by atoms with Crippen molar-refractivity contribution in [1.82, 2.24) is 4.90 Å². The second-order valence-electron chi connectivity index (χ2n) is 3.98. The van der Waals surface area contributed by atoms with Gasteiger partial charge in [-0.05, 0) is 12.1 Å². The Morgan fingerprint density at radius 3 is 2.19 bits per heavy atom. The van der Waals surface area contributed by atoms with Gasteiger partial charge in [0.1, 0.15) is 0 Å². The molecule has 1 aromatic carbocycles. The summed E-state index contributed by atoms with van der Waals surface area (Å²) < 4.78 is 0. The molecule has 0 aliphatic carbocycles. The van der Waals surface area contributed by atoms with E-state index in [9.17, 15) is 9.59 Å². The molecule has 116 valence electrons. The van der Waals surface area contributed by atoms with Crippen molar-refractivity contribution in [3.8, 4) is 0 Å². The Morgan fingerprint density at radius 1 is 1.14 bits per heavy atom. The number of nitrogens with zero attached hydrogens (tertiary/aromatic N) is 1. The molecule has 0 saturated heterocycles. The number of carboxylic acids is 1. The molecule has 0 heterocycles. The fourth-order valence-corrected chi connectivity index (χ4v) is 2.15. The fraction of sp³-hybridized carbons (Fsp3) is 0.333. The van der Waals surface area contributed by atoms with Gasteiger partial charge in [-0.15, -0.1) is 0 Å². The number of hydrogen-bond acceptors (Lipinski definition) is 4. The number of halogens is 2. The summed E-state index contributed by atoms with van der Waals surface area (Å²) >= 11 is 11.6. The van der Waals surface area contributed by atoms with E-state index in [-0.39, 0.29) is 47.6 Å². The van der Waals surface area contributed by atoms with Crippen molar-refractivity contribution in [2.45, 2.75) is 0 Å². The molecule has 0 aliphatic rings. The number of amides is 2. The first-order valence-corrected chi connectivity index (χ1v) is 6.66. The highest BCUT2D eigenvalue weighted by Crippen LogP contribution is 2.30. The average molecular weight is 337 g/mol. The topological polar surface area (TPSA) is 110 Å². The van der Waals surface area contributed by atoms with Crippen LogP contribution in [0.15, 0.2) is 12.1 Å². The van der Waals surface area contributed by atoms with Gasteiger partial charge < -0.3 is 25.5 Å². The van der Waals surface area contributed by atoms with E-state index in [0.29, 0.717) is 0 Å². The number of anilines is 1. The minimum absolute atomic E-state index is 0.0139. The number of rotatable bonds is 6. The molecule has 0 bridgehead atoms. The van der Waals surface area contributed by atoms with Gasteiger partial charge >= 0.3 is 12.0 Å². The van der Waals surface area contributed by atoms with Crippen LogP contribution in [-0.2, 0) is 0 Å². The van der Waals surface area contributed by atoms with Crippen LogP contribution in [0.25, 0.3) is 0 Å². The highest BCUT2D eigenvalue weighted by molar-refractivity contribution is 6.37. The van der Waals surface area contributed by atoms with Gasteiger partial charge in [0.15, 0.2) is 0 Å². The summed E-state index contributed by atoms with van der Waals surface area (Å²) in [4.78, 5) is 24.3. The van der Waals surface area contributed by atoms with Gasteiger partial charge in [0.2, 0.25) is 0 Å². The summed E-state index contributed by atoms with van der Waals surface area (Å²) in [6, 6.07) is 1.77. The van der Waals surface area contributed by atoms with E-state index in [4.69, 9.17) is 38.5 Å². The molecular formula is C12H14Cl2N2O5. The molecule has 0 fully saturated rings. The lowest BCUT2D eigenvalue weighted by Gasteiger charge is -2.22. The molecule has 0 unspecified atom stereocenters. The Hall–Kier alpha value is -1.54. The number of aliphatic hydroxyl groups excluding tert-OH is 2. The molecule has 0 aromatic heterocycles. The summed E-state index contributed by atoms with van der Waals surface area (Å²) in [5, 5.41) is 29.3. The lowest BCUT2D eigenvalue weighted by Crippen LogP contribution is -2.39. The van der Waals surface area contributed by atoms with Crippen LogP contribution < -0.4 is 5.32 Å². The molecule has 0 spiro atoms. The minimum atomic E-state index is -1.30. The maximum Gasteiger partial charge on any atom is 0.337 e. The average Bonchev–Trinajstić information content (AvgIpc) is 2.40. The van der Waals surface area contributed by atoms with Crippen LogP contribution in [-0.4, -0.2) is 58.5 Å². The van der Waals surface area contributed by atoms with Gasteiger partial charge in [0.05, 0.1) is 29.5 Å². The molecule has 7 nitrogen and oxygen atoms in total. The molecule has 4 N–H and O–H groups in total. The predicted molar refractivity (Wildman–Crippen MR) is 78.2 cm³/mol. The van der Waals surface area contributed by atoms with Crippen LogP contribution >= 0.6 is 23.2 Å². The van der Waals surface area contributed by atoms with Gasteiger partial charge in [0.25, 0.3) is 0 Å². The molecule has 0 radical (unpaired) electrons. The monoisotopic (exact) mass is 336 g/mol. The Bertz CT molecular complexity index is 533. The Morgan fingerprint density at radius 2 is 1.71 bits per heavy atom. The maximum absolute atomic E-state index is 12.0. The zero-order valence-corrected chi connectivity index (χ0v) is 12.4. The van der Waals surface area contributed by atoms with Crippen LogP contribution in [0.3, 0.4) is 0 Å². The summed E-state index contributed by atoms with van der Waals surface area (Å²) in [6.45, 7) is -0.624. The van der Waals surface area contributed by atoms with E-state index in [1.165, 1.54) is 6.07 Å². The van der Waals surface area contributed by atoms with Crippen molar-refractivity contribution >= 4 is 40.9 Å². The normalized spacial score (nSPS) is 10.3. The largest absolute Gasteiger partial charge is 0.478 e. The summed E-state index contributed by atoms with van der Waals surface area (Å²) in [5.41, 5.74) is -0.353. The van der Waals surface area contributed by atoms with Gasteiger partial charge in [-0.3, -0.25) is 0 Å². The number of urea groups is 1. The van der Waals surface area contributed by atoms with E-state index in [1.807, 2.05) is 0 Å². The molecule has 0 saturated carbocycles. The summed E-state index contributed by atoms with van der Waals surface area (Å²) in [5.74, 6) is -1.30. The standard InChI is InChI=1S/C12H14Cl2N2O5/c13-7-5-8(11(19)20)10(9(14)6-7)15-12(21)16(1-3-17)2-4-18/h5-6,17-18H,1-4H2,(H,15,21)(H,19,20). The number of hydrogen-bond donors (Lipinski definition) is 4. The molecule has 2 amide bonds. The van der Waals surface area contributed by atoms with E-state index in [0.717, 1.165) is 11.0 Å². The third-order valence-corrected chi connectivity index (χ3v) is 3.06. The highest BCUT2D eigenvalue weighted by Gasteiger charge is 2.20. The summed E-state index contributed by atoms with van der Waals surface area (Å²) in [7, 11) is 0. The number of carbonyl (C=O) groups excluding carboxylic acids is 1. The fourth-order valence-electron chi connectivity index (χ4n) is 1.61. The van der Waals surface area contributed by atoms with E-state index in [1.54, 1.807) is 0 Å². The Balaban J connectivity index is 3.06. The van der Waals surface area contributed by atoms with Gasteiger partial charge in [-0.25, -0.2) is 9.59 Å². The van der Waals surface area contributed by atoms with Crippen molar-refractivity contribution in [3.05, 3.63) is 27.7 Å². The van der Waals surface area contributed by atoms with Crippen molar-refractivity contribution in [2.24, 2.45) is 0 Å². The molecule has 0 aliphatic heterocycles. The third kappa shape index (κ3) is 4.75. The predicted octanol–water partition coefficient (Wildman–Crippen LogP) is 1.51. The van der Waals surface area contributed by atoms with Gasteiger partial charge in [0, 0.05) is 18.1 Å². The van der Waals surface area contributed by atoms with Crippen LogP contribution in [0.1, 0.15) is 10.4 Å². The van der Waals surface area contributed by atoms with Crippen molar-refractivity contribution < 1.29 is 24.9 Å². The molecule has 21 heavy (non-hydrogen) atoms. The molecule has 9 heteroatoms. The second-order valence-corrected chi connectivity index (χ2v) is 4.82. The smallest absolute Gasteiger partial charge is 0.337 e. The van der Waals surface area contributed by atoms with E-state index < -0.39 is 12.0 Å². The number of carbonyl (C=O) groups is 2. The van der Waals surface area contributed by atoms with E-state index in [2.05, 4.69) is 5.32 Å². The highest BCUT2D eigenvalue weighted by atomic mass is 35.5. The number of nitrogens with one attached hydrogen (secondary N) is 1. The first-order chi connectivity index (χ1) is 9.90. The Kier molecular flexibility index (Phi) is 6.70. The SMILES string of the molecule is O=C(O)c1cc(Cl)cc(Cl)c1NC(=O)N(CCO)CCO. The number of aliphatic hydroxyl groups is 2. The van der Waals surface area contributed by atoms with Gasteiger partial charge in [-0.2, -0.15) is 0 Å². The van der Waals surface area contributed by atoms with Crippen LogP contribution in [0.2, 0.25) is 10.0 Å². The van der Waals surface area contributed by atoms with Gasteiger partial charge in [-0.1, -0.05) is 23.2 Å². The quantitative estimate of drug-likeness (QED) is 0.629. The van der Waals surface area contributed by atoms with Crippen LogP contribution in [0.5, 0.6) is 0 Å². The van der Waals surface area contributed by atoms with Crippen molar-refractivity contribution in [1.29, 1.82) is 0 Å². The first-order valence-electron chi connectivity index (χ1n) is 5.90. The zero-order valence-electron chi connectivity index (χ0n) is 10.8. The maximum atomic E-state index is 12.0. The van der Waals surface area contributed by atoms with E-state index >= 15 is 0 Å². The lowest BCUT2D eigenvalue weighted by molar-refractivity contribution is 0.0698. The van der Waals surface area contributed by atoms with Crippen LogP contribution in [0.4, 0.5) is 10.5 Å². The minimum Gasteiger partial charge on any atom is -0.478 e. The number of benzene rings is 1. The number of aromatic carboxylic acids is 1. The van der Waals surface area contributed by atoms with Crippen LogP contribution in [0, 0.1) is 0 Å². The molecule has 1 aromatic rings. The lowest BCUT2D eigenvalue weighted by atomic mass is 10.2. The molecule has 1 rings (SSSR count). The number of carboxylic acid groups (broad SMARTS) is 1. The second kappa shape index (κ2) is 8.04. The third-order valence-electron chi connectivity index (χ3n) is 2.54. The van der Waals surface area contributed by atoms with Crippen molar-refractivity contribution in [3.63, 3.8) is 0 Å². The first kappa shape index (κ1) is 17.5. The molecule has 0 atom stereocenters.